The zero-order valence-corrected chi connectivity index (χ0v) is 10.1. The number of ether oxygens (including phenoxy) is 1. The minimum absolute atomic E-state index is 0.0809. The molecule has 16 heavy (non-hydrogen) atoms. The van der Waals surface area contributed by atoms with Crippen molar-refractivity contribution in [2.45, 2.75) is 33.3 Å². The van der Waals surface area contributed by atoms with Crippen LogP contribution in [-0.4, -0.2) is 12.1 Å². The molecular weight excluding hydrogens is 200 g/mol. The maximum Gasteiger partial charge on any atom is 0.338 e. The molecule has 1 aromatic rings. The molecule has 1 unspecified atom stereocenters. The van der Waals surface area contributed by atoms with Crippen LogP contribution < -0.4 is 0 Å². The Hall–Kier alpha value is -1.57. The summed E-state index contributed by atoms with van der Waals surface area (Å²) < 4.78 is 5.30. The van der Waals surface area contributed by atoms with Gasteiger partial charge in [-0.2, -0.15) is 0 Å². The molecule has 0 aliphatic heterocycles. The highest BCUT2D eigenvalue weighted by Gasteiger charge is 2.09. The summed E-state index contributed by atoms with van der Waals surface area (Å²) >= 11 is 0. The zero-order valence-electron chi connectivity index (χ0n) is 10.1. The third kappa shape index (κ3) is 4.30. The van der Waals surface area contributed by atoms with E-state index < -0.39 is 0 Å². The number of hydrogen-bond acceptors (Lipinski definition) is 2. The van der Waals surface area contributed by atoms with Crippen LogP contribution in [0.2, 0.25) is 0 Å². The van der Waals surface area contributed by atoms with E-state index in [0.29, 0.717) is 5.56 Å². The summed E-state index contributed by atoms with van der Waals surface area (Å²) in [6, 6.07) is 9.06. The van der Waals surface area contributed by atoms with Crippen molar-refractivity contribution >= 4 is 5.97 Å². The van der Waals surface area contributed by atoms with Crippen molar-refractivity contribution in [3.05, 3.63) is 47.5 Å². The Balaban J connectivity index is 2.49. The molecule has 1 rings (SSSR count). The second kappa shape index (κ2) is 6.11. The van der Waals surface area contributed by atoms with Crippen molar-refractivity contribution in [3.8, 4) is 0 Å². The first kappa shape index (κ1) is 12.5. The van der Waals surface area contributed by atoms with Crippen molar-refractivity contribution < 1.29 is 9.53 Å². The fourth-order valence-corrected chi connectivity index (χ4v) is 1.27. The number of carbonyl (C=O) groups excluding carboxylic acids is 1. The molecule has 2 heteroatoms. The molecule has 0 N–H and O–H groups in total. The van der Waals surface area contributed by atoms with Gasteiger partial charge in [0.25, 0.3) is 0 Å². The quantitative estimate of drug-likeness (QED) is 0.570. The van der Waals surface area contributed by atoms with Gasteiger partial charge < -0.3 is 4.74 Å². The van der Waals surface area contributed by atoms with E-state index in [9.17, 15) is 4.79 Å². The van der Waals surface area contributed by atoms with Crippen molar-refractivity contribution in [1.82, 2.24) is 0 Å². The van der Waals surface area contributed by atoms with Gasteiger partial charge in [-0.1, -0.05) is 29.8 Å². The van der Waals surface area contributed by atoms with Crippen LogP contribution in [-0.2, 0) is 4.74 Å². The molecule has 0 aliphatic carbocycles. The lowest BCUT2D eigenvalue weighted by molar-refractivity contribution is 0.0347. The van der Waals surface area contributed by atoms with Gasteiger partial charge in [-0.25, -0.2) is 4.79 Å². The molecule has 0 bridgehead atoms. The lowest BCUT2D eigenvalue weighted by atomic mass is 10.2. The van der Waals surface area contributed by atoms with Crippen molar-refractivity contribution in [2.24, 2.45) is 0 Å². The third-order valence-electron chi connectivity index (χ3n) is 2.18. The van der Waals surface area contributed by atoms with Crippen molar-refractivity contribution in [3.63, 3.8) is 0 Å². The summed E-state index contributed by atoms with van der Waals surface area (Å²) in [5.74, 6) is -0.254. The van der Waals surface area contributed by atoms with Gasteiger partial charge in [-0.3, -0.25) is 0 Å². The molecular formula is C14H18O2. The lowest BCUT2D eigenvalue weighted by Gasteiger charge is -2.11. The summed E-state index contributed by atoms with van der Waals surface area (Å²) in [6.07, 6.45) is 2.76. The van der Waals surface area contributed by atoms with E-state index in [1.54, 1.807) is 12.1 Å². The first-order valence-electron chi connectivity index (χ1n) is 5.49. The Morgan fingerprint density at radius 1 is 1.31 bits per heavy atom. The highest BCUT2D eigenvalue weighted by atomic mass is 16.5. The van der Waals surface area contributed by atoms with Gasteiger partial charge >= 0.3 is 5.97 Å². The number of allylic oxidation sites excluding steroid dienone is 1. The van der Waals surface area contributed by atoms with E-state index >= 15 is 0 Å². The smallest absolute Gasteiger partial charge is 0.338 e. The van der Waals surface area contributed by atoms with Crippen LogP contribution in [0.15, 0.2) is 42.0 Å². The van der Waals surface area contributed by atoms with E-state index in [0.717, 1.165) is 6.42 Å². The normalized spacial score (nSPS) is 11.7. The molecule has 86 valence electrons. The van der Waals surface area contributed by atoms with E-state index in [1.807, 2.05) is 39.0 Å². The molecule has 0 aromatic heterocycles. The standard InChI is InChI=1S/C14H18O2/c1-11(2)9-10-12(3)16-14(15)13-7-5-4-6-8-13/h4-9,12H,10H2,1-3H3. The highest BCUT2D eigenvalue weighted by Crippen LogP contribution is 2.07. The van der Waals surface area contributed by atoms with Crippen LogP contribution in [0.25, 0.3) is 0 Å². The molecule has 1 aromatic carbocycles. The first-order valence-corrected chi connectivity index (χ1v) is 5.49. The van der Waals surface area contributed by atoms with Crippen molar-refractivity contribution in [2.75, 3.05) is 0 Å². The number of carbonyl (C=O) groups is 1. The predicted molar refractivity (Wildman–Crippen MR) is 65.4 cm³/mol. The number of rotatable bonds is 4. The van der Waals surface area contributed by atoms with Gasteiger partial charge in [-0.15, -0.1) is 0 Å². The average Bonchev–Trinajstić information content (AvgIpc) is 2.27. The molecule has 0 saturated heterocycles. The number of benzene rings is 1. The molecule has 0 spiro atoms. The summed E-state index contributed by atoms with van der Waals surface area (Å²) in [5.41, 5.74) is 1.84. The van der Waals surface area contributed by atoms with Crippen LogP contribution in [0, 0.1) is 0 Å². The van der Waals surface area contributed by atoms with Gasteiger partial charge in [0.15, 0.2) is 0 Å². The van der Waals surface area contributed by atoms with Crippen LogP contribution >= 0.6 is 0 Å². The maximum absolute atomic E-state index is 11.7. The number of hydrogen-bond donors (Lipinski definition) is 0. The highest BCUT2D eigenvalue weighted by molar-refractivity contribution is 5.89. The Morgan fingerprint density at radius 3 is 2.50 bits per heavy atom. The molecule has 0 fully saturated rings. The summed E-state index contributed by atoms with van der Waals surface area (Å²) in [5, 5.41) is 0. The lowest BCUT2D eigenvalue weighted by Crippen LogP contribution is -2.14. The zero-order chi connectivity index (χ0) is 12.0. The monoisotopic (exact) mass is 218 g/mol. The number of esters is 1. The van der Waals surface area contributed by atoms with Gasteiger partial charge in [0.2, 0.25) is 0 Å². The Morgan fingerprint density at radius 2 is 1.94 bits per heavy atom. The largest absolute Gasteiger partial charge is 0.459 e. The van der Waals surface area contributed by atoms with Crippen molar-refractivity contribution in [1.29, 1.82) is 0 Å². The van der Waals surface area contributed by atoms with E-state index in [2.05, 4.69) is 6.08 Å². The van der Waals surface area contributed by atoms with E-state index in [-0.39, 0.29) is 12.1 Å². The Labute approximate surface area is 96.9 Å². The Bertz CT molecular complexity index is 362. The third-order valence-corrected chi connectivity index (χ3v) is 2.18. The molecule has 1 atom stereocenters. The van der Waals surface area contributed by atoms with Crippen LogP contribution in [0.5, 0.6) is 0 Å². The minimum atomic E-state index is -0.254. The molecule has 2 nitrogen and oxygen atoms in total. The summed E-state index contributed by atoms with van der Waals surface area (Å²) in [4.78, 5) is 11.7. The summed E-state index contributed by atoms with van der Waals surface area (Å²) in [6.45, 7) is 5.97. The molecule has 0 saturated carbocycles. The van der Waals surface area contributed by atoms with Crippen LogP contribution in [0.4, 0.5) is 0 Å². The topological polar surface area (TPSA) is 26.3 Å². The van der Waals surface area contributed by atoms with Gasteiger partial charge in [0.1, 0.15) is 6.10 Å². The maximum atomic E-state index is 11.7. The predicted octanol–water partition coefficient (Wildman–Crippen LogP) is 3.59. The van der Waals surface area contributed by atoms with Gasteiger partial charge in [0, 0.05) is 6.42 Å². The molecule has 0 amide bonds. The van der Waals surface area contributed by atoms with E-state index in [4.69, 9.17) is 4.74 Å². The first-order chi connectivity index (χ1) is 7.59. The molecule has 0 aliphatic rings. The minimum Gasteiger partial charge on any atom is -0.459 e. The van der Waals surface area contributed by atoms with Crippen LogP contribution in [0.3, 0.4) is 0 Å². The average molecular weight is 218 g/mol. The fraction of sp³-hybridized carbons (Fsp3) is 0.357. The van der Waals surface area contributed by atoms with Gasteiger partial charge in [-0.05, 0) is 32.9 Å². The van der Waals surface area contributed by atoms with Crippen LogP contribution in [0.1, 0.15) is 37.6 Å². The molecule has 0 radical (unpaired) electrons. The molecule has 0 heterocycles. The fourth-order valence-electron chi connectivity index (χ4n) is 1.27. The second-order valence-corrected chi connectivity index (χ2v) is 4.10. The second-order valence-electron chi connectivity index (χ2n) is 4.10. The van der Waals surface area contributed by atoms with E-state index in [1.165, 1.54) is 5.57 Å². The SMILES string of the molecule is CC(C)=CCC(C)OC(=O)c1ccccc1. The Kier molecular flexibility index (Phi) is 4.77. The summed E-state index contributed by atoms with van der Waals surface area (Å²) in [7, 11) is 0. The van der Waals surface area contributed by atoms with Gasteiger partial charge in [0.05, 0.1) is 5.56 Å².